The molecule has 0 spiro atoms. The van der Waals surface area contributed by atoms with Crippen LogP contribution in [0, 0.1) is 0 Å². The van der Waals surface area contributed by atoms with Crippen molar-refractivity contribution in [3.63, 3.8) is 0 Å². The summed E-state index contributed by atoms with van der Waals surface area (Å²) in [5.74, 6) is -0.0234. The second-order valence-corrected chi connectivity index (χ2v) is 5.41. The minimum atomic E-state index is -0.386. The number of halogens is 1. The fraction of sp³-hybridized carbons (Fsp3) is 0.308. The van der Waals surface area contributed by atoms with Crippen LogP contribution in [0.1, 0.15) is 16.8 Å². The number of aromatic amines is 1. The van der Waals surface area contributed by atoms with Crippen molar-refractivity contribution in [3.8, 4) is 0 Å². The van der Waals surface area contributed by atoms with Gasteiger partial charge in [-0.15, -0.1) is 0 Å². The lowest BCUT2D eigenvalue weighted by Crippen LogP contribution is -2.29. The van der Waals surface area contributed by atoms with Gasteiger partial charge in [-0.3, -0.25) is 4.79 Å². The van der Waals surface area contributed by atoms with E-state index in [9.17, 15) is 9.90 Å². The minimum Gasteiger partial charge on any atom is -0.391 e. The molecule has 1 aromatic carbocycles. The van der Waals surface area contributed by atoms with Crippen molar-refractivity contribution < 1.29 is 9.90 Å². The van der Waals surface area contributed by atoms with Gasteiger partial charge in [-0.1, -0.05) is 22.0 Å². The van der Waals surface area contributed by atoms with Gasteiger partial charge in [-0.05, 0) is 18.6 Å². The number of aliphatic hydroxyl groups excluding tert-OH is 1. The van der Waals surface area contributed by atoms with Gasteiger partial charge in [0, 0.05) is 34.7 Å². The SMILES string of the molecule is O=C(c1c[nH]c2cccc(Br)c12)N1CC[C@@H](O)C1. The average molecular weight is 309 g/mol. The van der Waals surface area contributed by atoms with Crippen LogP contribution < -0.4 is 0 Å². The number of benzene rings is 1. The van der Waals surface area contributed by atoms with Crippen molar-refractivity contribution in [2.75, 3.05) is 13.1 Å². The maximum absolute atomic E-state index is 12.4. The highest BCUT2D eigenvalue weighted by atomic mass is 79.9. The van der Waals surface area contributed by atoms with E-state index in [4.69, 9.17) is 0 Å². The fourth-order valence-electron chi connectivity index (χ4n) is 2.41. The second kappa shape index (κ2) is 4.40. The van der Waals surface area contributed by atoms with Gasteiger partial charge in [0.2, 0.25) is 0 Å². The maximum atomic E-state index is 12.4. The van der Waals surface area contributed by atoms with E-state index in [1.54, 1.807) is 11.1 Å². The number of hydrogen-bond acceptors (Lipinski definition) is 2. The largest absolute Gasteiger partial charge is 0.391 e. The molecule has 0 radical (unpaired) electrons. The molecule has 1 fully saturated rings. The third kappa shape index (κ3) is 1.83. The van der Waals surface area contributed by atoms with E-state index < -0.39 is 0 Å². The quantitative estimate of drug-likeness (QED) is 0.848. The van der Waals surface area contributed by atoms with Crippen LogP contribution in [0.15, 0.2) is 28.9 Å². The maximum Gasteiger partial charge on any atom is 0.256 e. The number of H-pyrrole nitrogens is 1. The first-order chi connectivity index (χ1) is 8.66. The van der Waals surface area contributed by atoms with Gasteiger partial charge in [0.25, 0.3) is 5.91 Å². The summed E-state index contributed by atoms with van der Waals surface area (Å²) in [7, 11) is 0. The molecule has 3 rings (SSSR count). The number of carbonyl (C=O) groups excluding carboxylic acids is 1. The number of carbonyl (C=O) groups is 1. The zero-order valence-corrected chi connectivity index (χ0v) is 11.3. The monoisotopic (exact) mass is 308 g/mol. The smallest absolute Gasteiger partial charge is 0.256 e. The molecule has 0 saturated carbocycles. The summed E-state index contributed by atoms with van der Waals surface area (Å²) in [4.78, 5) is 17.2. The Morgan fingerprint density at radius 2 is 2.33 bits per heavy atom. The zero-order chi connectivity index (χ0) is 12.7. The number of amides is 1. The molecule has 1 amide bonds. The number of aliphatic hydroxyl groups is 1. The highest BCUT2D eigenvalue weighted by Gasteiger charge is 2.27. The van der Waals surface area contributed by atoms with Crippen LogP contribution >= 0.6 is 15.9 Å². The standard InChI is InChI=1S/C13H13BrN2O2/c14-10-2-1-3-11-12(10)9(6-15-11)13(18)16-5-4-8(17)7-16/h1-3,6,8,15,17H,4-5,7H2/t8-/m1/s1. The summed E-state index contributed by atoms with van der Waals surface area (Å²) in [6.07, 6.45) is 2.01. The Morgan fingerprint density at radius 1 is 1.50 bits per heavy atom. The molecular formula is C13H13BrN2O2. The number of nitrogens with one attached hydrogen (secondary N) is 1. The molecule has 1 saturated heterocycles. The van der Waals surface area contributed by atoms with Gasteiger partial charge >= 0.3 is 0 Å². The Kier molecular flexibility index (Phi) is 2.87. The van der Waals surface area contributed by atoms with E-state index in [1.807, 2.05) is 18.2 Å². The van der Waals surface area contributed by atoms with Crippen molar-refractivity contribution in [3.05, 3.63) is 34.4 Å². The summed E-state index contributed by atoms with van der Waals surface area (Å²) >= 11 is 3.48. The Balaban J connectivity index is 2.02. The lowest BCUT2D eigenvalue weighted by atomic mass is 10.1. The summed E-state index contributed by atoms with van der Waals surface area (Å²) in [5, 5.41) is 10.4. The zero-order valence-electron chi connectivity index (χ0n) is 9.69. The molecule has 1 atom stereocenters. The van der Waals surface area contributed by atoms with Gasteiger partial charge in [-0.2, -0.15) is 0 Å². The van der Waals surface area contributed by atoms with Crippen LogP contribution in [-0.2, 0) is 0 Å². The predicted molar refractivity (Wildman–Crippen MR) is 72.5 cm³/mol. The lowest BCUT2D eigenvalue weighted by molar-refractivity contribution is 0.0767. The Bertz CT molecular complexity index is 608. The fourth-order valence-corrected chi connectivity index (χ4v) is 2.99. The number of likely N-dealkylation sites (tertiary alicyclic amines) is 1. The molecule has 0 bridgehead atoms. The highest BCUT2D eigenvalue weighted by molar-refractivity contribution is 9.10. The van der Waals surface area contributed by atoms with Crippen molar-refractivity contribution in [1.29, 1.82) is 0 Å². The summed E-state index contributed by atoms with van der Waals surface area (Å²) in [5.41, 5.74) is 1.60. The number of fused-ring (bicyclic) bond motifs is 1. The molecule has 1 aliphatic rings. The molecule has 1 aromatic heterocycles. The van der Waals surface area contributed by atoms with E-state index in [1.165, 1.54) is 0 Å². The first kappa shape index (κ1) is 11.7. The van der Waals surface area contributed by atoms with E-state index in [-0.39, 0.29) is 12.0 Å². The average Bonchev–Trinajstić information content (AvgIpc) is 2.95. The van der Waals surface area contributed by atoms with E-state index in [0.29, 0.717) is 25.1 Å². The van der Waals surface area contributed by atoms with Crippen molar-refractivity contribution in [2.45, 2.75) is 12.5 Å². The Hall–Kier alpha value is -1.33. The molecule has 1 aliphatic heterocycles. The van der Waals surface area contributed by atoms with Crippen LogP contribution in [0.3, 0.4) is 0 Å². The molecule has 4 nitrogen and oxygen atoms in total. The Labute approximate surface area is 113 Å². The molecule has 2 N–H and O–H groups in total. The van der Waals surface area contributed by atoms with Crippen LogP contribution in [0.5, 0.6) is 0 Å². The highest BCUT2D eigenvalue weighted by Crippen LogP contribution is 2.28. The van der Waals surface area contributed by atoms with Crippen molar-refractivity contribution in [2.24, 2.45) is 0 Å². The van der Waals surface area contributed by atoms with Crippen LogP contribution in [0.25, 0.3) is 10.9 Å². The van der Waals surface area contributed by atoms with Crippen LogP contribution in [0.4, 0.5) is 0 Å². The van der Waals surface area contributed by atoms with Crippen LogP contribution in [-0.4, -0.2) is 40.1 Å². The van der Waals surface area contributed by atoms with Gasteiger partial charge in [-0.25, -0.2) is 0 Å². The summed E-state index contributed by atoms with van der Waals surface area (Å²) in [6.45, 7) is 1.05. The summed E-state index contributed by atoms with van der Waals surface area (Å²) in [6, 6.07) is 5.79. The first-order valence-corrected chi connectivity index (χ1v) is 6.69. The van der Waals surface area contributed by atoms with Crippen molar-refractivity contribution >= 4 is 32.7 Å². The molecular weight excluding hydrogens is 296 g/mol. The van der Waals surface area contributed by atoms with Gasteiger partial charge in [0.05, 0.1) is 11.7 Å². The predicted octanol–water partition coefficient (Wildman–Crippen LogP) is 2.14. The van der Waals surface area contributed by atoms with E-state index >= 15 is 0 Å². The molecule has 0 unspecified atom stereocenters. The normalized spacial score (nSPS) is 19.7. The minimum absolute atomic E-state index is 0.0234. The van der Waals surface area contributed by atoms with E-state index in [2.05, 4.69) is 20.9 Å². The third-order valence-corrected chi connectivity index (χ3v) is 4.00. The molecule has 5 heteroatoms. The summed E-state index contributed by atoms with van der Waals surface area (Å²) < 4.78 is 0.907. The van der Waals surface area contributed by atoms with Gasteiger partial charge < -0.3 is 15.0 Å². The Morgan fingerprint density at radius 3 is 3.06 bits per heavy atom. The number of aromatic nitrogens is 1. The number of rotatable bonds is 1. The molecule has 18 heavy (non-hydrogen) atoms. The van der Waals surface area contributed by atoms with Gasteiger partial charge in [0.1, 0.15) is 0 Å². The second-order valence-electron chi connectivity index (χ2n) is 4.56. The molecule has 2 aromatic rings. The van der Waals surface area contributed by atoms with Crippen molar-refractivity contribution in [1.82, 2.24) is 9.88 Å². The molecule has 94 valence electrons. The number of nitrogens with zero attached hydrogens (tertiary/aromatic N) is 1. The number of β-amino-alcohol motifs (C(OH)–C–C–N with tert-alkyl or cyclic N) is 1. The lowest BCUT2D eigenvalue weighted by Gasteiger charge is -2.14. The van der Waals surface area contributed by atoms with Gasteiger partial charge in [0.15, 0.2) is 0 Å². The molecule has 0 aliphatic carbocycles. The van der Waals surface area contributed by atoms with Crippen LogP contribution in [0.2, 0.25) is 0 Å². The third-order valence-electron chi connectivity index (χ3n) is 3.34. The first-order valence-electron chi connectivity index (χ1n) is 5.90. The molecule has 2 heterocycles. The topological polar surface area (TPSA) is 56.3 Å². The number of hydrogen-bond donors (Lipinski definition) is 2. The van der Waals surface area contributed by atoms with E-state index in [0.717, 1.165) is 15.4 Å².